The van der Waals surface area contributed by atoms with Crippen molar-refractivity contribution in [2.24, 2.45) is 28.6 Å². The van der Waals surface area contributed by atoms with E-state index >= 15 is 0 Å². The number of benzene rings is 1. The minimum atomic E-state index is -0.423. The molecule has 30 heavy (non-hydrogen) atoms. The molecule has 0 bridgehead atoms. The number of phenols is 2. The van der Waals surface area contributed by atoms with Crippen LogP contribution < -0.4 is 10.8 Å². The van der Waals surface area contributed by atoms with E-state index in [2.05, 4.69) is 31.6 Å². The van der Waals surface area contributed by atoms with E-state index in [1.165, 1.54) is 25.3 Å². The maximum Gasteiger partial charge on any atom is 0.338 e. The lowest BCUT2D eigenvalue weighted by Gasteiger charge is -2.60. The van der Waals surface area contributed by atoms with Gasteiger partial charge in [-0.15, -0.1) is 0 Å². The molecular formula is C23H34N2O5. The summed E-state index contributed by atoms with van der Waals surface area (Å²) < 4.78 is 0. The van der Waals surface area contributed by atoms with Crippen molar-refractivity contribution in [2.45, 2.75) is 59.4 Å². The van der Waals surface area contributed by atoms with Crippen LogP contribution in [0.15, 0.2) is 18.2 Å². The number of nitrogens with one attached hydrogen (secondary N) is 2. The number of amides is 2. The maximum absolute atomic E-state index is 13.8. The normalized spacial score (nSPS) is 32.7. The SMILES string of the molecule is CONC(=O)N[C@@H]1C[C@H]2C(C)(C)CCC[C@]2(C)[C@@H](C(=O)c2cc(O)cc(O)c2)[C@H]1C. The monoisotopic (exact) mass is 418 g/mol. The lowest BCUT2D eigenvalue weighted by Crippen LogP contribution is -2.61. The van der Waals surface area contributed by atoms with Crippen molar-refractivity contribution in [1.29, 1.82) is 0 Å². The number of Topliss-reactive ketones (excluding diaryl/α,β-unsaturated/α-hetero) is 1. The van der Waals surface area contributed by atoms with Crippen molar-refractivity contribution in [3.05, 3.63) is 23.8 Å². The van der Waals surface area contributed by atoms with Gasteiger partial charge in [-0.2, -0.15) is 0 Å². The number of phenolic OH excluding ortho intramolecular Hbond substituents is 2. The van der Waals surface area contributed by atoms with Crippen LogP contribution in [0.3, 0.4) is 0 Å². The van der Waals surface area contributed by atoms with Crippen molar-refractivity contribution in [2.75, 3.05) is 7.11 Å². The van der Waals surface area contributed by atoms with Gasteiger partial charge in [-0.1, -0.05) is 34.1 Å². The van der Waals surface area contributed by atoms with Crippen LogP contribution in [0.25, 0.3) is 0 Å². The smallest absolute Gasteiger partial charge is 0.338 e. The Morgan fingerprint density at radius 3 is 2.33 bits per heavy atom. The Morgan fingerprint density at radius 2 is 1.73 bits per heavy atom. The van der Waals surface area contributed by atoms with Crippen LogP contribution in [0.4, 0.5) is 4.79 Å². The molecule has 0 radical (unpaired) electrons. The van der Waals surface area contributed by atoms with Gasteiger partial charge in [-0.05, 0) is 54.1 Å². The molecule has 0 saturated heterocycles. The number of hydroxylamine groups is 1. The van der Waals surface area contributed by atoms with E-state index in [1.807, 2.05) is 6.92 Å². The van der Waals surface area contributed by atoms with Gasteiger partial charge in [0.1, 0.15) is 11.5 Å². The van der Waals surface area contributed by atoms with Crippen molar-refractivity contribution in [1.82, 2.24) is 10.8 Å². The Balaban J connectivity index is 2.03. The molecule has 2 aliphatic rings. The van der Waals surface area contributed by atoms with Crippen LogP contribution in [0.1, 0.15) is 63.7 Å². The number of aromatic hydroxyl groups is 2. The first-order valence-electron chi connectivity index (χ1n) is 10.7. The van der Waals surface area contributed by atoms with Gasteiger partial charge in [0.2, 0.25) is 0 Å². The number of urea groups is 1. The fraction of sp³-hybridized carbons (Fsp3) is 0.652. The molecular weight excluding hydrogens is 384 g/mol. The topological polar surface area (TPSA) is 108 Å². The van der Waals surface area contributed by atoms with E-state index in [1.54, 1.807) is 0 Å². The Bertz CT molecular complexity index is 804. The lowest BCUT2D eigenvalue weighted by molar-refractivity contribution is -0.0902. The summed E-state index contributed by atoms with van der Waals surface area (Å²) in [5.74, 6) is -0.618. The fourth-order valence-electron chi connectivity index (χ4n) is 6.36. The maximum atomic E-state index is 13.8. The average molecular weight is 419 g/mol. The predicted octanol–water partition coefficient (Wildman–Crippen LogP) is 4.00. The van der Waals surface area contributed by atoms with Crippen LogP contribution in [-0.4, -0.2) is 35.2 Å². The van der Waals surface area contributed by atoms with Crippen molar-refractivity contribution < 1.29 is 24.6 Å². The minimum Gasteiger partial charge on any atom is -0.508 e. The molecule has 2 amide bonds. The third kappa shape index (κ3) is 4.00. The summed E-state index contributed by atoms with van der Waals surface area (Å²) in [6.45, 7) is 8.70. The average Bonchev–Trinajstić information content (AvgIpc) is 2.62. The molecule has 166 valence electrons. The van der Waals surface area contributed by atoms with Crippen LogP contribution in [0.2, 0.25) is 0 Å². The highest BCUT2D eigenvalue weighted by Crippen LogP contribution is 2.61. The Kier molecular flexibility index (Phi) is 6.05. The highest BCUT2D eigenvalue weighted by molar-refractivity contribution is 5.99. The number of carbonyl (C=O) groups is 2. The molecule has 0 aromatic heterocycles. The molecule has 0 heterocycles. The van der Waals surface area contributed by atoms with Gasteiger partial charge in [0.05, 0.1) is 7.11 Å². The molecule has 0 aliphatic heterocycles. The second-order valence-corrected chi connectivity index (χ2v) is 9.96. The molecule has 0 unspecified atom stereocenters. The van der Waals surface area contributed by atoms with E-state index in [0.29, 0.717) is 5.56 Å². The fourth-order valence-corrected chi connectivity index (χ4v) is 6.36. The highest BCUT2D eigenvalue weighted by atomic mass is 16.6. The summed E-state index contributed by atoms with van der Waals surface area (Å²) in [5.41, 5.74) is 2.40. The van der Waals surface area contributed by atoms with E-state index in [-0.39, 0.29) is 51.9 Å². The van der Waals surface area contributed by atoms with Gasteiger partial charge in [0.15, 0.2) is 5.78 Å². The summed E-state index contributed by atoms with van der Waals surface area (Å²) >= 11 is 0. The van der Waals surface area contributed by atoms with Crippen molar-refractivity contribution in [3.8, 4) is 11.5 Å². The number of hydrogen-bond donors (Lipinski definition) is 4. The molecule has 7 nitrogen and oxygen atoms in total. The Hall–Kier alpha value is -2.28. The molecule has 1 aromatic rings. The number of hydrogen-bond acceptors (Lipinski definition) is 5. The zero-order chi connectivity index (χ0) is 22.3. The summed E-state index contributed by atoms with van der Waals surface area (Å²) in [5, 5.41) is 22.8. The molecule has 5 atom stereocenters. The molecule has 0 spiro atoms. The van der Waals surface area contributed by atoms with Crippen molar-refractivity contribution in [3.63, 3.8) is 0 Å². The quantitative estimate of drug-likeness (QED) is 0.437. The van der Waals surface area contributed by atoms with Crippen LogP contribution >= 0.6 is 0 Å². The van der Waals surface area contributed by atoms with E-state index in [0.717, 1.165) is 25.7 Å². The van der Waals surface area contributed by atoms with Gasteiger partial charge in [-0.3, -0.25) is 9.63 Å². The Morgan fingerprint density at radius 1 is 1.10 bits per heavy atom. The largest absolute Gasteiger partial charge is 0.508 e. The van der Waals surface area contributed by atoms with E-state index < -0.39 is 6.03 Å². The molecule has 1 aromatic carbocycles. The first-order valence-corrected chi connectivity index (χ1v) is 10.7. The van der Waals surface area contributed by atoms with E-state index in [4.69, 9.17) is 4.84 Å². The zero-order valence-electron chi connectivity index (χ0n) is 18.5. The molecule has 2 fully saturated rings. The molecule has 2 aliphatic carbocycles. The van der Waals surface area contributed by atoms with Crippen molar-refractivity contribution >= 4 is 11.8 Å². The number of ketones is 1. The predicted molar refractivity (Wildman–Crippen MR) is 113 cm³/mol. The van der Waals surface area contributed by atoms with Gasteiger partial charge >= 0.3 is 6.03 Å². The molecule has 7 heteroatoms. The van der Waals surface area contributed by atoms with Gasteiger partial charge in [0.25, 0.3) is 0 Å². The van der Waals surface area contributed by atoms with Gasteiger partial charge in [0, 0.05) is 23.6 Å². The van der Waals surface area contributed by atoms with E-state index in [9.17, 15) is 19.8 Å². The summed E-state index contributed by atoms with van der Waals surface area (Å²) in [7, 11) is 1.38. The first-order chi connectivity index (χ1) is 14.0. The number of rotatable bonds is 4. The molecule has 3 rings (SSSR count). The number of fused-ring (bicyclic) bond motifs is 1. The number of carbonyl (C=O) groups excluding carboxylic acids is 2. The summed E-state index contributed by atoms with van der Waals surface area (Å²) in [4.78, 5) is 30.7. The summed E-state index contributed by atoms with van der Waals surface area (Å²) in [6.07, 6.45) is 3.84. The van der Waals surface area contributed by atoms with Crippen LogP contribution in [0.5, 0.6) is 11.5 Å². The van der Waals surface area contributed by atoms with Crippen LogP contribution in [-0.2, 0) is 4.84 Å². The molecule has 4 N–H and O–H groups in total. The second kappa shape index (κ2) is 8.10. The third-order valence-electron chi connectivity index (χ3n) is 7.62. The molecule has 2 saturated carbocycles. The second-order valence-electron chi connectivity index (χ2n) is 9.96. The van der Waals surface area contributed by atoms with Crippen LogP contribution in [0, 0.1) is 28.6 Å². The highest BCUT2D eigenvalue weighted by Gasteiger charge is 2.58. The lowest BCUT2D eigenvalue weighted by atomic mass is 9.45. The van der Waals surface area contributed by atoms with Gasteiger partial charge < -0.3 is 15.5 Å². The minimum absolute atomic E-state index is 0.0320. The Labute approximate surface area is 178 Å². The van der Waals surface area contributed by atoms with Gasteiger partial charge in [-0.25, -0.2) is 10.3 Å². The third-order valence-corrected chi connectivity index (χ3v) is 7.62. The standard InChI is InChI=1S/C23H34N2O5/c1-13-17(24-21(29)25-30-5)12-18-22(2,3)7-6-8-23(18,4)19(13)20(28)14-9-15(26)11-16(27)10-14/h9-11,13,17-19,26-27H,6-8,12H2,1-5H3,(H2,24,25,29)/t13-,17+,18-,19+,23-/m0/s1. The zero-order valence-corrected chi connectivity index (χ0v) is 18.5. The summed E-state index contributed by atoms with van der Waals surface area (Å²) in [6, 6.07) is 3.42. The first kappa shape index (κ1) is 22.4.